The van der Waals surface area contributed by atoms with Gasteiger partial charge >= 0.3 is 0 Å². The molecule has 0 aliphatic rings. The Kier molecular flexibility index (Phi) is 6.08. The number of hydrogen-bond acceptors (Lipinski definition) is 4. The molecule has 0 saturated heterocycles. The summed E-state index contributed by atoms with van der Waals surface area (Å²) in [7, 11) is 0. The van der Waals surface area contributed by atoms with Gasteiger partial charge in [0.1, 0.15) is 11.2 Å². The Morgan fingerprint density at radius 3 is 1.30 bits per heavy atom. The minimum atomic E-state index is 0.622. The molecule has 4 heteroatoms. The monoisotopic (exact) mass is 551 g/mol. The lowest BCUT2D eigenvalue weighted by atomic mass is 9.99. The molecule has 6 aromatic carbocycles. The molecule has 43 heavy (non-hydrogen) atoms. The van der Waals surface area contributed by atoms with Crippen molar-refractivity contribution in [2.24, 2.45) is 0 Å². The fourth-order valence-corrected chi connectivity index (χ4v) is 5.51. The van der Waals surface area contributed by atoms with Gasteiger partial charge in [0.15, 0.2) is 17.5 Å². The normalized spacial score (nSPS) is 11.3. The summed E-state index contributed by atoms with van der Waals surface area (Å²) >= 11 is 0. The Bertz CT molecular complexity index is 2200. The molecule has 2 heterocycles. The summed E-state index contributed by atoms with van der Waals surface area (Å²) in [4.78, 5) is 14.8. The van der Waals surface area contributed by atoms with Crippen LogP contribution in [0.4, 0.5) is 0 Å². The van der Waals surface area contributed by atoms with Crippen LogP contribution >= 0.6 is 0 Å². The zero-order valence-electron chi connectivity index (χ0n) is 23.2. The molecular weight excluding hydrogens is 526 g/mol. The first kappa shape index (κ1) is 24.9. The smallest absolute Gasteiger partial charge is 0.164 e. The summed E-state index contributed by atoms with van der Waals surface area (Å²) < 4.78 is 6.05. The maximum absolute atomic E-state index is 6.05. The summed E-state index contributed by atoms with van der Waals surface area (Å²) in [5.74, 6) is 1.89. The minimum absolute atomic E-state index is 0.622. The van der Waals surface area contributed by atoms with Crippen molar-refractivity contribution in [2.75, 3.05) is 0 Å². The van der Waals surface area contributed by atoms with Gasteiger partial charge in [0, 0.05) is 27.5 Å². The Morgan fingerprint density at radius 2 is 0.698 bits per heavy atom. The standard InChI is InChI=1S/C39H25N3O/c1-3-9-26(10-4-1)27-15-17-28(18-16-27)29-19-21-31(22-20-29)38-40-37(30-11-5-2-6-12-30)41-39(42-38)32-23-24-36-34(25-32)33-13-7-8-14-35(33)43-36/h1-25H. The van der Waals surface area contributed by atoms with E-state index in [0.29, 0.717) is 17.5 Å². The molecule has 0 amide bonds. The first-order chi connectivity index (χ1) is 21.3. The van der Waals surface area contributed by atoms with Gasteiger partial charge in [-0.15, -0.1) is 0 Å². The molecule has 0 aliphatic heterocycles. The van der Waals surface area contributed by atoms with Crippen molar-refractivity contribution in [2.45, 2.75) is 0 Å². The SMILES string of the molecule is c1ccc(-c2ccc(-c3ccc(-c4nc(-c5ccccc5)nc(-c5ccc6oc7ccccc7c6c5)n4)cc3)cc2)cc1. The molecule has 0 N–H and O–H groups in total. The lowest BCUT2D eigenvalue weighted by molar-refractivity contribution is 0.669. The van der Waals surface area contributed by atoms with E-state index in [0.717, 1.165) is 49.8 Å². The number of rotatable bonds is 5. The highest BCUT2D eigenvalue weighted by atomic mass is 16.3. The van der Waals surface area contributed by atoms with E-state index in [-0.39, 0.29) is 0 Å². The highest BCUT2D eigenvalue weighted by Gasteiger charge is 2.14. The van der Waals surface area contributed by atoms with Crippen molar-refractivity contribution in [3.63, 3.8) is 0 Å². The fraction of sp³-hybridized carbons (Fsp3) is 0. The zero-order valence-corrected chi connectivity index (χ0v) is 23.2. The molecule has 8 aromatic rings. The van der Waals surface area contributed by atoms with Gasteiger partial charge in [-0.25, -0.2) is 15.0 Å². The van der Waals surface area contributed by atoms with Crippen LogP contribution in [0.25, 0.3) is 78.4 Å². The van der Waals surface area contributed by atoms with Crippen LogP contribution in [-0.4, -0.2) is 15.0 Å². The molecule has 0 atom stereocenters. The van der Waals surface area contributed by atoms with Crippen molar-refractivity contribution in [1.29, 1.82) is 0 Å². The van der Waals surface area contributed by atoms with Gasteiger partial charge in [-0.05, 0) is 46.5 Å². The molecule has 0 saturated carbocycles. The van der Waals surface area contributed by atoms with Gasteiger partial charge in [-0.2, -0.15) is 0 Å². The average Bonchev–Trinajstić information content (AvgIpc) is 3.47. The quantitative estimate of drug-likeness (QED) is 0.214. The van der Waals surface area contributed by atoms with E-state index in [9.17, 15) is 0 Å². The molecule has 0 fully saturated rings. The highest BCUT2D eigenvalue weighted by Crippen LogP contribution is 2.33. The molecule has 4 nitrogen and oxygen atoms in total. The van der Waals surface area contributed by atoms with Crippen LogP contribution in [0.2, 0.25) is 0 Å². The molecule has 0 radical (unpaired) electrons. The van der Waals surface area contributed by atoms with Crippen molar-refractivity contribution in [1.82, 2.24) is 15.0 Å². The Hall–Kier alpha value is -5.87. The second kappa shape index (κ2) is 10.5. The van der Waals surface area contributed by atoms with E-state index in [1.165, 1.54) is 11.1 Å². The van der Waals surface area contributed by atoms with Crippen LogP contribution in [0, 0.1) is 0 Å². The molecule has 0 bridgehead atoms. The Labute approximate surface area is 249 Å². The summed E-state index contributed by atoms with van der Waals surface area (Å²) in [5, 5.41) is 2.11. The molecule has 0 spiro atoms. The van der Waals surface area contributed by atoms with Crippen molar-refractivity contribution >= 4 is 21.9 Å². The summed E-state index contributed by atoms with van der Waals surface area (Å²) in [6.07, 6.45) is 0. The van der Waals surface area contributed by atoms with E-state index in [2.05, 4.69) is 84.9 Å². The summed E-state index contributed by atoms with van der Waals surface area (Å²) in [6, 6.07) is 51.8. The van der Waals surface area contributed by atoms with Crippen LogP contribution in [0.5, 0.6) is 0 Å². The van der Waals surface area contributed by atoms with E-state index in [4.69, 9.17) is 19.4 Å². The molecule has 0 unspecified atom stereocenters. The van der Waals surface area contributed by atoms with Crippen molar-refractivity contribution < 1.29 is 4.42 Å². The van der Waals surface area contributed by atoms with Gasteiger partial charge < -0.3 is 4.42 Å². The van der Waals surface area contributed by atoms with E-state index in [1.807, 2.05) is 66.7 Å². The molecule has 8 rings (SSSR count). The van der Waals surface area contributed by atoms with Crippen LogP contribution in [-0.2, 0) is 0 Å². The summed E-state index contributed by atoms with van der Waals surface area (Å²) in [5.41, 5.74) is 9.21. The molecule has 2 aromatic heterocycles. The lowest BCUT2D eigenvalue weighted by Crippen LogP contribution is -2.00. The first-order valence-electron chi connectivity index (χ1n) is 14.3. The van der Waals surface area contributed by atoms with E-state index >= 15 is 0 Å². The zero-order chi connectivity index (χ0) is 28.6. The van der Waals surface area contributed by atoms with E-state index in [1.54, 1.807) is 0 Å². The molecule has 202 valence electrons. The predicted molar refractivity (Wildman–Crippen MR) is 174 cm³/mol. The number of hydrogen-bond donors (Lipinski definition) is 0. The topological polar surface area (TPSA) is 51.8 Å². The van der Waals surface area contributed by atoms with Gasteiger partial charge in [-0.3, -0.25) is 0 Å². The summed E-state index contributed by atoms with van der Waals surface area (Å²) in [6.45, 7) is 0. The highest BCUT2D eigenvalue weighted by molar-refractivity contribution is 6.06. The maximum atomic E-state index is 6.05. The maximum Gasteiger partial charge on any atom is 0.164 e. The third kappa shape index (κ3) is 4.75. The fourth-order valence-electron chi connectivity index (χ4n) is 5.51. The molecular formula is C39H25N3O. The largest absolute Gasteiger partial charge is 0.456 e. The number of para-hydroxylation sites is 1. The van der Waals surface area contributed by atoms with Gasteiger partial charge in [0.05, 0.1) is 0 Å². The van der Waals surface area contributed by atoms with Crippen LogP contribution < -0.4 is 0 Å². The number of furan rings is 1. The first-order valence-corrected chi connectivity index (χ1v) is 14.3. The predicted octanol–water partition coefficient (Wildman–Crippen LogP) is 10.1. The second-order valence-electron chi connectivity index (χ2n) is 10.5. The van der Waals surface area contributed by atoms with Gasteiger partial charge in [0.2, 0.25) is 0 Å². The third-order valence-corrected chi connectivity index (χ3v) is 7.77. The van der Waals surface area contributed by atoms with Crippen LogP contribution in [0.3, 0.4) is 0 Å². The number of nitrogens with zero attached hydrogens (tertiary/aromatic N) is 3. The van der Waals surface area contributed by atoms with Gasteiger partial charge in [0.25, 0.3) is 0 Å². The lowest BCUT2D eigenvalue weighted by Gasteiger charge is -2.09. The van der Waals surface area contributed by atoms with E-state index < -0.39 is 0 Å². The van der Waals surface area contributed by atoms with Crippen LogP contribution in [0.15, 0.2) is 156 Å². The number of fused-ring (bicyclic) bond motifs is 3. The Balaban J connectivity index is 1.18. The van der Waals surface area contributed by atoms with Crippen LogP contribution in [0.1, 0.15) is 0 Å². The van der Waals surface area contributed by atoms with Gasteiger partial charge in [-0.1, -0.05) is 127 Å². The van der Waals surface area contributed by atoms with Crippen molar-refractivity contribution in [3.8, 4) is 56.4 Å². The third-order valence-electron chi connectivity index (χ3n) is 7.77. The second-order valence-corrected chi connectivity index (χ2v) is 10.5. The minimum Gasteiger partial charge on any atom is -0.456 e. The average molecular weight is 552 g/mol. The molecule has 0 aliphatic carbocycles. The number of aromatic nitrogens is 3. The Morgan fingerprint density at radius 1 is 0.302 bits per heavy atom. The van der Waals surface area contributed by atoms with Crippen molar-refractivity contribution in [3.05, 3.63) is 152 Å². The number of benzene rings is 6.